The molecule has 0 atom stereocenters. The summed E-state index contributed by atoms with van der Waals surface area (Å²) in [5.41, 5.74) is 2.68. The van der Waals surface area contributed by atoms with E-state index in [4.69, 9.17) is 21.1 Å². The smallest absolute Gasteiger partial charge is 0.166 e. The Kier molecular flexibility index (Phi) is 6.55. The quantitative estimate of drug-likeness (QED) is 0.510. The number of rotatable bonds is 8. The Hall–Kier alpha value is -2.72. The van der Waals surface area contributed by atoms with Gasteiger partial charge in [0.1, 0.15) is 12.4 Å². The van der Waals surface area contributed by atoms with Crippen LogP contribution >= 0.6 is 11.6 Å². The van der Waals surface area contributed by atoms with Crippen LogP contribution in [0.3, 0.4) is 0 Å². The third-order valence-electron chi connectivity index (χ3n) is 4.02. The fraction of sp³-hybridized carbons (Fsp3) is 0.182. The SMILES string of the molecule is CCOc1cccc(CNc2ccc(F)cc2)c1OCc1ccccc1Cl. The molecule has 0 aliphatic rings. The summed E-state index contributed by atoms with van der Waals surface area (Å²) < 4.78 is 24.9. The van der Waals surface area contributed by atoms with E-state index in [9.17, 15) is 4.39 Å². The van der Waals surface area contributed by atoms with Crippen LogP contribution in [-0.2, 0) is 13.2 Å². The van der Waals surface area contributed by atoms with E-state index in [0.29, 0.717) is 36.3 Å². The first kappa shape index (κ1) is 19.1. The van der Waals surface area contributed by atoms with E-state index in [1.807, 2.05) is 49.4 Å². The van der Waals surface area contributed by atoms with E-state index < -0.39 is 0 Å². The predicted molar refractivity (Wildman–Crippen MR) is 107 cm³/mol. The van der Waals surface area contributed by atoms with Gasteiger partial charge in [-0.1, -0.05) is 41.9 Å². The molecule has 0 aliphatic heterocycles. The van der Waals surface area contributed by atoms with Crippen molar-refractivity contribution < 1.29 is 13.9 Å². The average Bonchev–Trinajstić information content (AvgIpc) is 2.68. The van der Waals surface area contributed by atoms with Crippen molar-refractivity contribution in [3.8, 4) is 11.5 Å². The molecular weight excluding hydrogens is 365 g/mol. The van der Waals surface area contributed by atoms with Gasteiger partial charge in [-0.3, -0.25) is 0 Å². The number of anilines is 1. The van der Waals surface area contributed by atoms with Crippen molar-refractivity contribution in [3.63, 3.8) is 0 Å². The van der Waals surface area contributed by atoms with Gasteiger partial charge in [-0.15, -0.1) is 0 Å². The van der Waals surface area contributed by atoms with Crippen LogP contribution in [0, 0.1) is 5.82 Å². The van der Waals surface area contributed by atoms with Gasteiger partial charge in [0.15, 0.2) is 11.5 Å². The van der Waals surface area contributed by atoms with Crippen LogP contribution in [0.25, 0.3) is 0 Å². The van der Waals surface area contributed by atoms with Gasteiger partial charge < -0.3 is 14.8 Å². The van der Waals surface area contributed by atoms with Crippen LogP contribution in [0.1, 0.15) is 18.1 Å². The Labute approximate surface area is 163 Å². The van der Waals surface area contributed by atoms with Crippen LogP contribution < -0.4 is 14.8 Å². The summed E-state index contributed by atoms with van der Waals surface area (Å²) in [5.74, 6) is 1.10. The highest BCUT2D eigenvalue weighted by atomic mass is 35.5. The molecule has 3 nitrogen and oxygen atoms in total. The molecule has 0 fully saturated rings. The fourth-order valence-electron chi connectivity index (χ4n) is 2.66. The molecule has 0 aromatic heterocycles. The maximum Gasteiger partial charge on any atom is 0.166 e. The second kappa shape index (κ2) is 9.28. The first-order valence-corrected chi connectivity index (χ1v) is 9.15. The van der Waals surface area contributed by atoms with E-state index in [1.165, 1.54) is 12.1 Å². The lowest BCUT2D eigenvalue weighted by molar-refractivity contribution is 0.267. The molecule has 3 aromatic rings. The van der Waals surface area contributed by atoms with Gasteiger partial charge in [0.2, 0.25) is 0 Å². The summed E-state index contributed by atoms with van der Waals surface area (Å²) in [4.78, 5) is 0. The molecule has 0 radical (unpaired) electrons. The van der Waals surface area contributed by atoms with Gasteiger partial charge in [-0.05, 0) is 43.3 Å². The van der Waals surface area contributed by atoms with Crippen molar-refractivity contribution in [3.05, 3.63) is 88.7 Å². The standard InChI is InChI=1S/C22H21ClFNO2/c1-2-26-21-9-5-7-16(14-25-19-12-10-18(24)11-13-19)22(21)27-15-17-6-3-4-8-20(17)23/h3-13,25H,2,14-15H2,1H3. The summed E-state index contributed by atoms with van der Waals surface area (Å²) in [5, 5.41) is 3.94. The van der Waals surface area contributed by atoms with Crippen molar-refractivity contribution in [2.24, 2.45) is 0 Å². The molecule has 3 rings (SSSR count). The van der Waals surface area contributed by atoms with E-state index >= 15 is 0 Å². The summed E-state index contributed by atoms with van der Waals surface area (Å²) >= 11 is 6.23. The zero-order valence-corrected chi connectivity index (χ0v) is 15.8. The minimum absolute atomic E-state index is 0.261. The Morgan fingerprint density at radius 1 is 0.889 bits per heavy atom. The topological polar surface area (TPSA) is 30.5 Å². The molecule has 0 amide bonds. The van der Waals surface area contributed by atoms with Crippen LogP contribution in [0.5, 0.6) is 11.5 Å². The first-order chi connectivity index (χ1) is 13.2. The number of nitrogens with one attached hydrogen (secondary N) is 1. The highest BCUT2D eigenvalue weighted by Crippen LogP contribution is 2.33. The largest absolute Gasteiger partial charge is 0.490 e. The molecule has 0 spiro atoms. The lowest BCUT2D eigenvalue weighted by Crippen LogP contribution is -2.06. The van der Waals surface area contributed by atoms with Gasteiger partial charge in [-0.2, -0.15) is 0 Å². The van der Waals surface area contributed by atoms with Crippen LogP contribution in [0.2, 0.25) is 5.02 Å². The molecule has 0 heterocycles. The normalized spacial score (nSPS) is 10.5. The number of ether oxygens (including phenoxy) is 2. The predicted octanol–water partition coefficient (Wildman–Crippen LogP) is 6.07. The van der Waals surface area contributed by atoms with E-state index in [-0.39, 0.29) is 5.82 Å². The van der Waals surface area contributed by atoms with Crippen molar-refractivity contribution in [2.45, 2.75) is 20.1 Å². The summed E-state index contributed by atoms with van der Waals surface area (Å²) in [7, 11) is 0. The number of hydrogen-bond acceptors (Lipinski definition) is 3. The molecule has 27 heavy (non-hydrogen) atoms. The van der Waals surface area contributed by atoms with Crippen molar-refractivity contribution in [1.82, 2.24) is 0 Å². The van der Waals surface area contributed by atoms with Crippen molar-refractivity contribution in [1.29, 1.82) is 0 Å². The molecule has 0 aliphatic carbocycles. The monoisotopic (exact) mass is 385 g/mol. The Bertz CT molecular complexity index is 884. The van der Waals surface area contributed by atoms with E-state index in [0.717, 1.165) is 16.8 Å². The van der Waals surface area contributed by atoms with E-state index in [2.05, 4.69) is 5.32 Å². The van der Waals surface area contributed by atoms with Crippen molar-refractivity contribution in [2.75, 3.05) is 11.9 Å². The molecule has 3 aromatic carbocycles. The van der Waals surface area contributed by atoms with Crippen LogP contribution in [-0.4, -0.2) is 6.61 Å². The summed E-state index contributed by atoms with van der Waals surface area (Å²) in [6.07, 6.45) is 0. The van der Waals surface area contributed by atoms with Gasteiger partial charge in [0, 0.05) is 28.4 Å². The lowest BCUT2D eigenvalue weighted by Gasteiger charge is -2.17. The minimum Gasteiger partial charge on any atom is -0.490 e. The zero-order valence-electron chi connectivity index (χ0n) is 15.0. The number of benzene rings is 3. The average molecular weight is 386 g/mol. The third-order valence-corrected chi connectivity index (χ3v) is 4.39. The van der Waals surface area contributed by atoms with Gasteiger partial charge >= 0.3 is 0 Å². The summed E-state index contributed by atoms with van der Waals surface area (Å²) in [6.45, 7) is 3.33. The maximum absolute atomic E-state index is 13.1. The number of halogens is 2. The Morgan fingerprint density at radius 2 is 1.63 bits per heavy atom. The molecule has 140 valence electrons. The molecule has 5 heteroatoms. The van der Waals surface area contributed by atoms with Crippen LogP contribution in [0.4, 0.5) is 10.1 Å². The molecule has 0 saturated heterocycles. The van der Waals surface area contributed by atoms with Gasteiger partial charge in [-0.25, -0.2) is 4.39 Å². The van der Waals surface area contributed by atoms with Gasteiger partial charge in [0.25, 0.3) is 0 Å². The lowest BCUT2D eigenvalue weighted by atomic mass is 10.1. The molecule has 0 saturated carbocycles. The van der Waals surface area contributed by atoms with Crippen molar-refractivity contribution >= 4 is 17.3 Å². The maximum atomic E-state index is 13.1. The zero-order chi connectivity index (χ0) is 19.1. The number of para-hydroxylation sites is 1. The molecular formula is C22H21ClFNO2. The highest BCUT2D eigenvalue weighted by Gasteiger charge is 2.12. The van der Waals surface area contributed by atoms with Crippen LogP contribution in [0.15, 0.2) is 66.7 Å². The fourth-order valence-corrected chi connectivity index (χ4v) is 2.85. The highest BCUT2D eigenvalue weighted by molar-refractivity contribution is 6.31. The Balaban J connectivity index is 1.79. The second-order valence-electron chi connectivity index (χ2n) is 5.92. The number of hydrogen-bond donors (Lipinski definition) is 1. The van der Waals surface area contributed by atoms with E-state index in [1.54, 1.807) is 12.1 Å². The third kappa shape index (κ3) is 5.14. The molecule has 0 unspecified atom stereocenters. The second-order valence-corrected chi connectivity index (χ2v) is 6.33. The minimum atomic E-state index is -0.261. The Morgan fingerprint density at radius 3 is 2.37 bits per heavy atom. The molecule has 1 N–H and O–H groups in total. The molecule has 0 bridgehead atoms. The first-order valence-electron chi connectivity index (χ1n) is 8.77. The summed E-state index contributed by atoms with van der Waals surface area (Å²) in [6, 6.07) is 19.6. The van der Waals surface area contributed by atoms with Gasteiger partial charge in [0.05, 0.1) is 6.61 Å².